The van der Waals surface area contributed by atoms with Crippen LogP contribution >= 0.6 is 22.6 Å². The molecule has 0 fully saturated rings. The lowest BCUT2D eigenvalue weighted by molar-refractivity contribution is -0.116. The number of amides is 2. The summed E-state index contributed by atoms with van der Waals surface area (Å²) in [5.41, 5.74) is 3.05. The molecule has 10 nitrogen and oxygen atoms in total. The monoisotopic (exact) mass is 510 g/mol. The normalized spacial score (nSPS) is 10.9. The molecule has 3 aromatic rings. The van der Waals surface area contributed by atoms with E-state index in [1.165, 1.54) is 6.20 Å². The minimum Gasteiger partial charge on any atom is -0.323 e. The van der Waals surface area contributed by atoms with Crippen molar-refractivity contribution in [2.45, 2.75) is 40.3 Å². The Hall–Kier alpha value is -2.70. The van der Waals surface area contributed by atoms with Crippen LogP contribution in [0.1, 0.15) is 35.2 Å². The van der Waals surface area contributed by atoms with Crippen LogP contribution in [0.5, 0.6) is 0 Å². The zero-order valence-electron chi connectivity index (χ0n) is 16.7. The number of nitrogens with zero attached hydrogens (tertiary/aromatic N) is 6. The highest BCUT2D eigenvalue weighted by Gasteiger charge is 2.21. The van der Waals surface area contributed by atoms with Gasteiger partial charge in [-0.1, -0.05) is 0 Å². The maximum Gasteiger partial charge on any atom is 0.276 e. The number of carbonyl (C=O) groups is 2. The summed E-state index contributed by atoms with van der Waals surface area (Å²) in [6.07, 6.45) is 5.21. The fourth-order valence-electron chi connectivity index (χ4n) is 2.80. The smallest absolute Gasteiger partial charge is 0.276 e. The molecule has 0 aromatic carbocycles. The Morgan fingerprint density at radius 1 is 1.14 bits per heavy atom. The molecule has 3 aromatic heterocycles. The molecule has 0 aliphatic heterocycles. The van der Waals surface area contributed by atoms with Crippen molar-refractivity contribution >= 4 is 45.8 Å². The van der Waals surface area contributed by atoms with Crippen LogP contribution in [0, 0.1) is 17.4 Å². The molecule has 2 N–H and O–H groups in total. The van der Waals surface area contributed by atoms with Crippen LogP contribution in [0.15, 0.2) is 18.6 Å². The number of rotatable bonds is 7. The first-order valence-corrected chi connectivity index (χ1v) is 10.2. The SMILES string of the molecule is CCn1ncc(NC(=O)CCn2cc(I)c(C)n2)c1C(=O)Nc1cnn(C)c1C. The molecule has 0 unspecified atom stereocenters. The molecule has 0 bridgehead atoms. The highest BCUT2D eigenvalue weighted by Crippen LogP contribution is 2.19. The van der Waals surface area contributed by atoms with Gasteiger partial charge in [0.05, 0.1) is 38.7 Å². The molecule has 2 amide bonds. The molecule has 0 aliphatic carbocycles. The lowest BCUT2D eigenvalue weighted by Gasteiger charge is -2.10. The Bertz CT molecular complexity index is 1030. The van der Waals surface area contributed by atoms with Crippen molar-refractivity contribution < 1.29 is 9.59 Å². The second-order valence-electron chi connectivity index (χ2n) is 6.57. The minimum atomic E-state index is -0.354. The number of carbonyl (C=O) groups excluding carboxylic acids is 2. The van der Waals surface area contributed by atoms with E-state index in [0.29, 0.717) is 30.2 Å². The lowest BCUT2D eigenvalue weighted by Crippen LogP contribution is -2.21. The number of anilines is 2. The number of aryl methyl sites for hydroxylation is 4. The van der Waals surface area contributed by atoms with Crippen molar-refractivity contribution in [3.05, 3.63) is 39.2 Å². The molecule has 0 saturated heterocycles. The van der Waals surface area contributed by atoms with E-state index in [-0.39, 0.29) is 18.2 Å². The maximum absolute atomic E-state index is 12.9. The van der Waals surface area contributed by atoms with Gasteiger partial charge in [-0.15, -0.1) is 0 Å². The Labute approximate surface area is 181 Å². The summed E-state index contributed by atoms with van der Waals surface area (Å²) >= 11 is 2.21. The van der Waals surface area contributed by atoms with Gasteiger partial charge >= 0.3 is 0 Å². The van der Waals surface area contributed by atoms with Crippen LogP contribution in [0.4, 0.5) is 11.4 Å². The van der Waals surface area contributed by atoms with E-state index in [1.807, 2.05) is 27.0 Å². The van der Waals surface area contributed by atoms with Crippen LogP contribution in [0.2, 0.25) is 0 Å². The number of aromatic nitrogens is 6. The average molecular weight is 510 g/mol. The highest BCUT2D eigenvalue weighted by atomic mass is 127. The first-order chi connectivity index (χ1) is 13.8. The van der Waals surface area contributed by atoms with E-state index in [2.05, 4.69) is 48.5 Å². The molecule has 3 heterocycles. The lowest BCUT2D eigenvalue weighted by atomic mass is 10.3. The van der Waals surface area contributed by atoms with E-state index >= 15 is 0 Å². The number of halogens is 1. The van der Waals surface area contributed by atoms with Crippen molar-refractivity contribution in [1.82, 2.24) is 29.3 Å². The Balaban J connectivity index is 1.71. The molecule has 11 heteroatoms. The number of hydrogen-bond acceptors (Lipinski definition) is 5. The Kier molecular flexibility index (Phi) is 6.35. The number of hydrogen-bond donors (Lipinski definition) is 2. The van der Waals surface area contributed by atoms with Crippen molar-refractivity contribution in [2.75, 3.05) is 10.6 Å². The molecule has 154 valence electrons. The standard InChI is InChI=1S/C18H23IN8O2/c1-5-27-17(18(29)23-14-8-20-25(4)12(14)3)15(9-21-27)22-16(28)6-7-26-10-13(19)11(2)24-26/h8-10H,5-7H2,1-4H3,(H,22,28)(H,23,29). The van der Waals surface area contributed by atoms with Gasteiger partial charge in [0.25, 0.3) is 5.91 Å². The van der Waals surface area contributed by atoms with Crippen molar-refractivity contribution in [3.8, 4) is 0 Å². The third kappa shape index (κ3) is 4.66. The zero-order chi connectivity index (χ0) is 21.1. The van der Waals surface area contributed by atoms with Gasteiger partial charge in [0.2, 0.25) is 5.91 Å². The van der Waals surface area contributed by atoms with Gasteiger partial charge in [-0.05, 0) is 43.4 Å². The molecule has 0 radical (unpaired) electrons. The molecule has 0 saturated carbocycles. The van der Waals surface area contributed by atoms with Gasteiger partial charge in [-0.25, -0.2) is 0 Å². The van der Waals surface area contributed by atoms with Gasteiger partial charge in [-0.3, -0.25) is 23.6 Å². The largest absolute Gasteiger partial charge is 0.323 e. The fourth-order valence-corrected chi connectivity index (χ4v) is 3.23. The van der Waals surface area contributed by atoms with Crippen LogP contribution < -0.4 is 10.6 Å². The van der Waals surface area contributed by atoms with Gasteiger partial charge in [0.1, 0.15) is 5.69 Å². The summed E-state index contributed by atoms with van der Waals surface area (Å²) < 4.78 is 6.02. The van der Waals surface area contributed by atoms with E-state index in [4.69, 9.17) is 0 Å². The molecule has 0 atom stereocenters. The second kappa shape index (κ2) is 8.76. The summed E-state index contributed by atoms with van der Waals surface area (Å²) in [6.45, 7) is 6.61. The van der Waals surface area contributed by atoms with Gasteiger partial charge in [0.15, 0.2) is 0 Å². The molecular weight excluding hydrogens is 487 g/mol. The summed E-state index contributed by atoms with van der Waals surface area (Å²) in [5, 5.41) is 18.3. The topological polar surface area (TPSA) is 112 Å². The zero-order valence-corrected chi connectivity index (χ0v) is 18.9. The van der Waals surface area contributed by atoms with Gasteiger partial charge < -0.3 is 10.6 Å². The molecule has 3 rings (SSSR count). The highest BCUT2D eigenvalue weighted by molar-refractivity contribution is 14.1. The quantitative estimate of drug-likeness (QED) is 0.474. The summed E-state index contributed by atoms with van der Waals surface area (Å²) in [7, 11) is 1.80. The van der Waals surface area contributed by atoms with Crippen LogP contribution in [0.3, 0.4) is 0 Å². The molecular formula is C18H23IN8O2. The Morgan fingerprint density at radius 3 is 2.45 bits per heavy atom. The first kappa shape index (κ1) is 21.0. The van der Waals surface area contributed by atoms with Gasteiger partial charge in [-0.2, -0.15) is 15.3 Å². The molecule has 29 heavy (non-hydrogen) atoms. The fraction of sp³-hybridized carbons (Fsp3) is 0.389. The molecule has 0 aliphatic rings. The van der Waals surface area contributed by atoms with E-state index in [0.717, 1.165) is 15.0 Å². The summed E-state index contributed by atoms with van der Waals surface area (Å²) in [6, 6.07) is 0. The van der Waals surface area contributed by atoms with E-state index < -0.39 is 0 Å². The average Bonchev–Trinajstić information content (AvgIpc) is 3.33. The number of nitrogens with one attached hydrogen (secondary N) is 2. The maximum atomic E-state index is 12.9. The minimum absolute atomic E-state index is 0.213. The second-order valence-corrected chi connectivity index (χ2v) is 7.73. The third-order valence-electron chi connectivity index (χ3n) is 4.57. The third-order valence-corrected chi connectivity index (χ3v) is 5.63. The summed E-state index contributed by atoms with van der Waals surface area (Å²) in [4.78, 5) is 25.3. The van der Waals surface area contributed by atoms with Crippen LogP contribution in [-0.2, 0) is 24.9 Å². The Morgan fingerprint density at radius 2 is 1.86 bits per heavy atom. The predicted octanol–water partition coefficient (Wildman–Crippen LogP) is 2.34. The van der Waals surface area contributed by atoms with E-state index in [1.54, 1.807) is 27.3 Å². The summed E-state index contributed by atoms with van der Waals surface area (Å²) in [5.74, 6) is -0.566. The van der Waals surface area contributed by atoms with Crippen molar-refractivity contribution in [2.24, 2.45) is 7.05 Å². The first-order valence-electron chi connectivity index (χ1n) is 9.15. The molecule has 0 spiro atoms. The van der Waals surface area contributed by atoms with Crippen LogP contribution in [0.25, 0.3) is 0 Å². The van der Waals surface area contributed by atoms with Crippen molar-refractivity contribution in [1.29, 1.82) is 0 Å². The van der Waals surface area contributed by atoms with Crippen LogP contribution in [-0.4, -0.2) is 41.2 Å². The van der Waals surface area contributed by atoms with Gasteiger partial charge in [0, 0.05) is 32.8 Å². The van der Waals surface area contributed by atoms with E-state index in [9.17, 15) is 9.59 Å². The predicted molar refractivity (Wildman–Crippen MR) is 117 cm³/mol. The van der Waals surface area contributed by atoms with Crippen molar-refractivity contribution in [3.63, 3.8) is 0 Å².